The second-order valence-electron chi connectivity index (χ2n) is 8.27. The van der Waals surface area contributed by atoms with Gasteiger partial charge in [-0.05, 0) is 30.7 Å². The number of ether oxygens (including phenoxy) is 1. The van der Waals surface area contributed by atoms with Crippen LogP contribution in [0.4, 0.5) is 0 Å². The Hall–Kier alpha value is -3.71. The maximum absolute atomic E-state index is 13.4. The fourth-order valence-electron chi connectivity index (χ4n) is 4.46. The van der Waals surface area contributed by atoms with Gasteiger partial charge in [0.2, 0.25) is 0 Å². The Morgan fingerprint density at radius 1 is 1.00 bits per heavy atom. The molecule has 1 saturated heterocycles. The SMILES string of the molecule is COc1cccc(C(C)N2CCN(C(=O)c3cnn4c(-c5ccccc5)ccnc34)CC2)c1. The first kappa shape index (κ1) is 21.2. The standard InChI is InChI=1S/C26H27N5O2/c1-19(21-9-6-10-22(17-21)33-2)29-13-15-30(16-14-29)26(32)23-18-28-31-24(11-12-27-25(23)31)20-7-4-3-5-8-20/h3-12,17-19H,13-16H2,1-2H3. The zero-order chi connectivity index (χ0) is 22.8. The molecule has 1 unspecified atom stereocenters. The van der Waals surface area contributed by atoms with Gasteiger partial charge in [-0.15, -0.1) is 0 Å². The third-order valence-corrected chi connectivity index (χ3v) is 6.43. The van der Waals surface area contributed by atoms with Gasteiger partial charge in [0, 0.05) is 44.0 Å². The molecule has 4 aromatic rings. The van der Waals surface area contributed by atoms with E-state index in [1.165, 1.54) is 5.56 Å². The van der Waals surface area contributed by atoms with Crippen molar-refractivity contribution in [1.82, 2.24) is 24.4 Å². The molecule has 2 aromatic carbocycles. The van der Waals surface area contributed by atoms with Crippen LogP contribution < -0.4 is 4.74 Å². The number of carbonyl (C=O) groups excluding carboxylic acids is 1. The second kappa shape index (κ2) is 9.03. The normalized spacial score (nSPS) is 15.5. The highest BCUT2D eigenvalue weighted by atomic mass is 16.5. The third-order valence-electron chi connectivity index (χ3n) is 6.43. The topological polar surface area (TPSA) is 63.0 Å². The van der Waals surface area contributed by atoms with Crippen molar-refractivity contribution in [3.63, 3.8) is 0 Å². The van der Waals surface area contributed by atoms with E-state index in [1.807, 2.05) is 53.4 Å². The first-order chi connectivity index (χ1) is 16.2. The molecule has 1 aliphatic rings. The molecule has 7 heteroatoms. The van der Waals surface area contributed by atoms with Crippen molar-refractivity contribution in [2.45, 2.75) is 13.0 Å². The first-order valence-electron chi connectivity index (χ1n) is 11.2. The molecule has 0 aliphatic carbocycles. The Labute approximate surface area is 193 Å². The van der Waals surface area contributed by atoms with Crippen LogP contribution in [0.1, 0.15) is 28.9 Å². The number of benzene rings is 2. The predicted octanol–water partition coefficient (Wildman–Crippen LogP) is 3.92. The smallest absolute Gasteiger partial charge is 0.259 e. The highest BCUT2D eigenvalue weighted by Crippen LogP contribution is 2.26. The molecule has 3 heterocycles. The maximum Gasteiger partial charge on any atom is 0.259 e. The van der Waals surface area contributed by atoms with E-state index in [2.05, 4.69) is 34.0 Å². The van der Waals surface area contributed by atoms with Gasteiger partial charge in [-0.3, -0.25) is 9.69 Å². The van der Waals surface area contributed by atoms with E-state index < -0.39 is 0 Å². The molecule has 0 N–H and O–H groups in total. The molecule has 168 valence electrons. The Bertz CT molecular complexity index is 1260. The molecule has 33 heavy (non-hydrogen) atoms. The van der Waals surface area contributed by atoms with E-state index in [-0.39, 0.29) is 11.9 Å². The van der Waals surface area contributed by atoms with Gasteiger partial charge in [-0.1, -0.05) is 42.5 Å². The monoisotopic (exact) mass is 441 g/mol. The molecular formula is C26H27N5O2. The van der Waals surface area contributed by atoms with Crippen LogP contribution >= 0.6 is 0 Å². The van der Waals surface area contributed by atoms with E-state index in [9.17, 15) is 4.79 Å². The quantitative estimate of drug-likeness (QED) is 0.470. The Morgan fingerprint density at radius 3 is 2.55 bits per heavy atom. The van der Waals surface area contributed by atoms with E-state index in [1.54, 1.807) is 24.0 Å². The van der Waals surface area contributed by atoms with Crippen LogP contribution in [0, 0.1) is 0 Å². The van der Waals surface area contributed by atoms with E-state index in [0.717, 1.165) is 30.1 Å². The lowest BCUT2D eigenvalue weighted by Crippen LogP contribution is -2.49. The molecule has 0 bridgehead atoms. The number of methoxy groups -OCH3 is 1. The van der Waals surface area contributed by atoms with Crippen molar-refractivity contribution in [1.29, 1.82) is 0 Å². The van der Waals surface area contributed by atoms with Crippen LogP contribution in [0.15, 0.2) is 73.1 Å². The van der Waals surface area contributed by atoms with E-state index in [4.69, 9.17) is 4.74 Å². The highest BCUT2D eigenvalue weighted by Gasteiger charge is 2.27. The number of amides is 1. The van der Waals surface area contributed by atoms with Crippen molar-refractivity contribution in [3.05, 3.63) is 84.2 Å². The second-order valence-corrected chi connectivity index (χ2v) is 8.27. The molecule has 0 spiro atoms. The average Bonchev–Trinajstić information content (AvgIpc) is 3.33. The molecule has 0 saturated carbocycles. The maximum atomic E-state index is 13.4. The third kappa shape index (κ3) is 4.07. The van der Waals surface area contributed by atoms with E-state index in [0.29, 0.717) is 24.3 Å². The lowest BCUT2D eigenvalue weighted by atomic mass is 10.1. The summed E-state index contributed by atoms with van der Waals surface area (Å²) in [5, 5.41) is 4.49. The van der Waals surface area contributed by atoms with Gasteiger partial charge < -0.3 is 9.64 Å². The number of piperazine rings is 1. The predicted molar refractivity (Wildman–Crippen MR) is 127 cm³/mol. The zero-order valence-corrected chi connectivity index (χ0v) is 18.9. The minimum Gasteiger partial charge on any atom is -0.497 e. The molecule has 0 radical (unpaired) electrons. The highest BCUT2D eigenvalue weighted by molar-refractivity contribution is 6.00. The minimum absolute atomic E-state index is 0.0172. The summed E-state index contributed by atoms with van der Waals surface area (Å²) in [6, 6.07) is 20.4. The van der Waals surface area contributed by atoms with Crippen LogP contribution in [0.2, 0.25) is 0 Å². The number of hydrogen-bond acceptors (Lipinski definition) is 5. The first-order valence-corrected chi connectivity index (χ1v) is 11.2. The van der Waals surface area contributed by atoms with Crippen LogP contribution in [0.5, 0.6) is 5.75 Å². The zero-order valence-electron chi connectivity index (χ0n) is 18.9. The summed E-state index contributed by atoms with van der Waals surface area (Å²) in [6.07, 6.45) is 3.38. The molecule has 7 nitrogen and oxygen atoms in total. The molecule has 1 aliphatic heterocycles. The number of carbonyl (C=O) groups is 1. The van der Waals surface area contributed by atoms with Crippen LogP contribution in [0.25, 0.3) is 16.9 Å². The van der Waals surface area contributed by atoms with Crippen molar-refractivity contribution in [3.8, 4) is 17.0 Å². The molecule has 1 fully saturated rings. The molecule has 5 rings (SSSR count). The van der Waals surface area contributed by atoms with Crippen LogP contribution in [0.3, 0.4) is 0 Å². The summed E-state index contributed by atoms with van der Waals surface area (Å²) in [4.78, 5) is 22.1. The van der Waals surface area contributed by atoms with Crippen molar-refractivity contribution >= 4 is 11.6 Å². The van der Waals surface area contributed by atoms with Crippen LogP contribution in [-0.4, -0.2) is 63.6 Å². The summed E-state index contributed by atoms with van der Waals surface area (Å²) in [6.45, 7) is 5.16. The summed E-state index contributed by atoms with van der Waals surface area (Å²) in [7, 11) is 1.69. The van der Waals surface area contributed by atoms with Gasteiger partial charge in [0.05, 0.1) is 19.0 Å². The summed E-state index contributed by atoms with van der Waals surface area (Å²) in [5.41, 5.74) is 4.30. The number of rotatable bonds is 5. The average molecular weight is 442 g/mol. The number of nitrogens with zero attached hydrogens (tertiary/aromatic N) is 5. The fraction of sp³-hybridized carbons (Fsp3) is 0.269. The summed E-state index contributed by atoms with van der Waals surface area (Å²) < 4.78 is 7.12. The Balaban J connectivity index is 1.31. The van der Waals surface area contributed by atoms with Crippen molar-refractivity contribution in [2.75, 3.05) is 33.3 Å². The lowest BCUT2D eigenvalue weighted by molar-refractivity contribution is 0.0583. The van der Waals surface area contributed by atoms with Gasteiger partial charge in [-0.25, -0.2) is 9.50 Å². The lowest BCUT2D eigenvalue weighted by Gasteiger charge is -2.38. The van der Waals surface area contributed by atoms with Crippen molar-refractivity contribution in [2.24, 2.45) is 0 Å². The van der Waals surface area contributed by atoms with Gasteiger partial charge in [0.1, 0.15) is 11.3 Å². The molecular weight excluding hydrogens is 414 g/mol. The Morgan fingerprint density at radius 2 is 1.79 bits per heavy atom. The number of aromatic nitrogens is 3. The van der Waals surface area contributed by atoms with Gasteiger partial charge in [0.15, 0.2) is 5.65 Å². The van der Waals surface area contributed by atoms with E-state index >= 15 is 0 Å². The Kier molecular flexibility index (Phi) is 5.79. The van der Waals surface area contributed by atoms with Gasteiger partial charge in [0.25, 0.3) is 5.91 Å². The van der Waals surface area contributed by atoms with Crippen LogP contribution in [-0.2, 0) is 0 Å². The fourth-order valence-corrected chi connectivity index (χ4v) is 4.46. The molecule has 1 atom stereocenters. The molecule has 1 amide bonds. The summed E-state index contributed by atoms with van der Waals surface area (Å²) >= 11 is 0. The molecule has 2 aromatic heterocycles. The van der Waals surface area contributed by atoms with Gasteiger partial charge >= 0.3 is 0 Å². The summed E-state index contributed by atoms with van der Waals surface area (Å²) in [5.74, 6) is 0.847. The van der Waals surface area contributed by atoms with Gasteiger partial charge in [-0.2, -0.15) is 5.10 Å². The minimum atomic E-state index is -0.0172. The number of fused-ring (bicyclic) bond motifs is 1. The largest absolute Gasteiger partial charge is 0.497 e. The van der Waals surface area contributed by atoms with Crippen molar-refractivity contribution < 1.29 is 9.53 Å². The number of hydrogen-bond donors (Lipinski definition) is 0.